The van der Waals surface area contributed by atoms with E-state index < -0.39 is 0 Å². The van der Waals surface area contributed by atoms with E-state index >= 15 is 0 Å². The first-order valence-corrected chi connectivity index (χ1v) is 9.78. The number of nitrogens with zero attached hydrogens (tertiary/aromatic N) is 4. The normalized spacial score (nSPS) is 16.0. The Kier molecular flexibility index (Phi) is 6.64. The van der Waals surface area contributed by atoms with Crippen molar-refractivity contribution in [3.63, 3.8) is 0 Å². The fourth-order valence-electron chi connectivity index (χ4n) is 2.99. The van der Waals surface area contributed by atoms with Crippen LogP contribution in [-0.4, -0.2) is 64.3 Å². The number of carbonyl (C=O) groups excluding carboxylic acids is 1. The first kappa shape index (κ1) is 20.0. The lowest BCUT2D eigenvalue weighted by molar-refractivity contribution is -0.123. The van der Waals surface area contributed by atoms with Crippen LogP contribution in [0, 0.1) is 4.84 Å². The molecule has 7 nitrogen and oxygen atoms in total. The fraction of sp³-hybridized carbons (Fsp3) is 0.500. The lowest BCUT2D eigenvalue weighted by Crippen LogP contribution is -2.50. The molecule has 0 unspecified atom stereocenters. The second kappa shape index (κ2) is 8.97. The molecule has 2 heterocycles. The van der Waals surface area contributed by atoms with Gasteiger partial charge in [-0.2, -0.15) is 0 Å². The largest absolute Gasteiger partial charge is 0.409 e. The minimum atomic E-state index is 0.0709. The van der Waals surface area contributed by atoms with Crippen LogP contribution in [0.1, 0.15) is 13.8 Å². The number of benzene rings is 1. The van der Waals surface area contributed by atoms with Gasteiger partial charge in [0.25, 0.3) is 4.84 Å². The number of amides is 1. The molecule has 1 aliphatic heterocycles. The summed E-state index contributed by atoms with van der Waals surface area (Å²) in [6.07, 6.45) is 0. The monoisotopic (exact) mass is 409 g/mol. The number of hydrogen-bond donors (Lipinski definition) is 1. The van der Waals surface area contributed by atoms with Crippen molar-refractivity contribution >= 4 is 29.7 Å². The molecule has 0 bridgehead atoms. The Morgan fingerprint density at radius 2 is 1.93 bits per heavy atom. The predicted molar refractivity (Wildman–Crippen MR) is 107 cm³/mol. The third-order valence-corrected chi connectivity index (χ3v) is 4.95. The molecule has 3 rings (SSSR count). The molecule has 0 aliphatic carbocycles. The number of nitrogens with one attached hydrogen (secondary N) is 1. The van der Waals surface area contributed by atoms with E-state index in [-0.39, 0.29) is 11.9 Å². The van der Waals surface area contributed by atoms with Crippen molar-refractivity contribution < 1.29 is 9.21 Å². The molecule has 1 aliphatic rings. The Labute approximate surface area is 168 Å². The van der Waals surface area contributed by atoms with Crippen LogP contribution in [0.2, 0.25) is 5.02 Å². The standard InChI is InChI=1S/C18H24ClN5O2S/c1-13(2)20-16(25)11-22-7-9-23(10-8-22)12-24-18(27)26-17(21-24)14-5-3-4-6-15(14)19/h3-6,13H,7-12H2,1-2H3,(H,20,25). The number of halogens is 1. The molecular formula is C18H24ClN5O2S. The van der Waals surface area contributed by atoms with Crippen molar-refractivity contribution in [3.8, 4) is 11.5 Å². The summed E-state index contributed by atoms with van der Waals surface area (Å²) in [7, 11) is 0. The van der Waals surface area contributed by atoms with Crippen LogP contribution in [0.15, 0.2) is 28.7 Å². The second-order valence-electron chi connectivity index (χ2n) is 6.91. The molecule has 1 amide bonds. The van der Waals surface area contributed by atoms with E-state index in [0.717, 1.165) is 31.7 Å². The van der Waals surface area contributed by atoms with Crippen molar-refractivity contribution in [3.05, 3.63) is 34.1 Å². The lowest BCUT2D eigenvalue weighted by atomic mass is 10.2. The molecule has 1 fully saturated rings. The molecule has 146 valence electrons. The van der Waals surface area contributed by atoms with Crippen LogP contribution < -0.4 is 5.32 Å². The Morgan fingerprint density at radius 3 is 2.59 bits per heavy atom. The van der Waals surface area contributed by atoms with Crippen molar-refractivity contribution in [1.82, 2.24) is 24.9 Å². The maximum absolute atomic E-state index is 11.9. The first-order valence-electron chi connectivity index (χ1n) is 8.99. The van der Waals surface area contributed by atoms with E-state index in [1.807, 2.05) is 32.0 Å². The van der Waals surface area contributed by atoms with E-state index in [4.69, 9.17) is 28.2 Å². The second-order valence-corrected chi connectivity index (χ2v) is 7.67. The summed E-state index contributed by atoms with van der Waals surface area (Å²) in [5.41, 5.74) is 0.727. The highest BCUT2D eigenvalue weighted by Crippen LogP contribution is 2.26. The molecule has 0 saturated carbocycles. The van der Waals surface area contributed by atoms with Crippen LogP contribution in [0.4, 0.5) is 0 Å². The van der Waals surface area contributed by atoms with E-state index in [1.165, 1.54) is 0 Å². The molecule has 1 aromatic carbocycles. The molecule has 2 aromatic rings. The highest BCUT2D eigenvalue weighted by molar-refractivity contribution is 7.71. The van der Waals surface area contributed by atoms with Crippen molar-refractivity contribution in [2.24, 2.45) is 0 Å². The predicted octanol–water partition coefficient (Wildman–Crippen LogP) is 2.63. The molecule has 27 heavy (non-hydrogen) atoms. The number of aromatic nitrogens is 2. The Morgan fingerprint density at radius 1 is 1.26 bits per heavy atom. The number of hydrogen-bond acceptors (Lipinski definition) is 6. The van der Waals surface area contributed by atoms with E-state index in [2.05, 4.69) is 20.2 Å². The zero-order valence-electron chi connectivity index (χ0n) is 15.5. The molecule has 1 saturated heterocycles. The van der Waals surface area contributed by atoms with Crippen LogP contribution in [0.3, 0.4) is 0 Å². The summed E-state index contributed by atoms with van der Waals surface area (Å²) in [4.78, 5) is 16.6. The van der Waals surface area contributed by atoms with Gasteiger partial charge in [-0.05, 0) is 38.2 Å². The van der Waals surface area contributed by atoms with Gasteiger partial charge in [0.2, 0.25) is 11.8 Å². The SMILES string of the molecule is CC(C)NC(=O)CN1CCN(Cn2nc(-c3ccccc3Cl)oc2=S)CC1. The smallest absolute Gasteiger partial charge is 0.288 e. The third kappa shape index (κ3) is 5.38. The molecule has 0 spiro atoms. The zero-order valence-corrected chi connectivity index (χ0v) is 17.1. The fourth-order valence-corrected chi connectivity index (χ4v) is 3.38. The van der Waals surface area contributed by atoms with Crippen molar-refractivity contribution in [2.75, 3.05) is 32.7 Å². The quantitative estimate of drug-likeness (QED) is 0.740. The summed E-state index contributed by atoms with van der Waals surface area (Å²) in [6.45, 7) is 8.26. The van der Waals surface area contributed by atoms with Gasteiger partial charge in [-0.25, -0.2) is 4.68 Å². The minimum absolute atomic E-state index is 0.0709. The average molecular weight is 410 g/mol. The Bertz CT molecular complexity index is 842. The topological polar surface area (TPSA) is 66.5 Å². The van der Waals surface area contributed by atoms with Gasteiger partial charge in [0.05, 0.1) is 23.8 Å². The Balaban J connectivity index is 1.56. The van der Waals surface area contributed by atoms with Crippen LogP contribution in [0.25, 0.3) is 11.5 Å². The number of carbonyl (C=O) groups is 1. The minimum Gasteiger partial charge on any atom is -0.409 e. The van der Waals surface area contributed by atoms with E-state index in [9.17, 15) is 4.79 Å². The highest BCUT2D eigenvalue weighted by Gasteiger charge is 2.20. The Hall–Kier alpha value is -1.74. The summed E-state index contributed by atoms with van der Waals surface area (Å²) >= 11 is 11.5. The maximum atomic E-state index is 11.9. The summed E-state index contributed by atoms with van der Waals surface area (Å²) in [5.74, 6) is 0.496. The van der Waals surface area contributed by atoms with Gasteiger partial charge in [-0.1, -0.05) is 23.7 Å². The zero-order chi connectivity index (χ0) is 19.4. The number of piperazine rings is 1. The molecule has 9 heteroatoms. The lowest BCUT2D eigenvalue weighted by Gasteiger charge is -2.33. The van der Waals surface area contributed by atoms with E-state index in [1.54, 1.807) is 10.7 Å². The summed E-state index contributed by atoms with van der Waals surface area (Å²) in [5, 5.41) is 7.98. The van der Waals surface area contributed by atoms with Gasteiger partial charge in [-0.3, -0.25) is 14.6 Å². The van der Waals surface area contributed by atoms with E-state index in [0.29, 0.717) is 29.0 Å². The molecule has 1 N–H and O–H groups in total. The number of rotatable bonds is 6. The molecule has 1 aromatic heterocycles. The van der Waals surface area contributed by atoms with Gasteiger partial charge >= 0.3 is 0 Å². The van der Waals surface area contributed by atoms with Gasteiger partial charge in [-0.15, -0.1) is 5.10 Å². The molecule has 0 atom stereocenters. The van der Waals surface area contributed by atoms with Crippen molar-refractivity contribution in [1.29, 1.82) is 0 Å². The van der Waals surface area contributed by atoms with Crippen molar-refractivity contribution in [2.45, 2.75) is 26.6 Å². The van der Waals surface area contributed by atoms with Gasteiger partial charge in [0, 0.05) is 32.2 Å². The van der Waals surface area contributed by atoms with Gasteiger partial charge in [0.15, 0.2) is 0 Å². The third-order valence-electron chi connectivity index (χ3n) is 4.33. The van der Waals surface area contributed by atoms with Gasteiger partial charge < -0.3 is 9.73 Å². The maximum Gasteiger partial charge on any atom is 0.288 e. The highest BCUT2D eigenvalue weighted by atomic mass is 35.5. The van der Waals surface area contributed by atoms with Crippen LogP contribution in [-0.2, 0) is 11.5 Å². The molecule has 0 radical (unpaired) electrons. The molecular weight excluding hydrogens is 386 g/mol. The average Bonchev–Trinajstić information content (AvgIpc) is 2.97. The van der Waals surface area contributed by atoms with Crippen LogP contribution >= 0.6 is 23.8 Å². The summed E-state index contributed by atoms with van der Waals surface area (Å²) in [6, 6.07) is 7.56. The van der Waals surface area contributed by atoms with Crippen LogP contribution in [0.5, 0.6) is 0 Å². The first-order chi connectivity index (χ1) is 12.9. The van der Waals surface area contributed by atoms with Gasteiger partial charge in [0.1, 0.15) is 0 Å². The summed E-state index contributed by atoms with van der Waals surface area (Å²) < 4.78 is 7.30.